The van der Waals surface area contributed by atoms with Crippen molar-refractivity contribution in [1.29, 1.82) is 0 Å². The van der Waals surface area contributed by atoms with Gasteiger partial charge in [0.25, 0.3) is 5.91 Å². The zero-order valence-electron chi connectivity index (χ0n) is 15.8. The Morgan fingerprint density at radius 1 is 1.07 bits per heavy atom. The van der Waals surface area contributed by atoms with Crippen LogP contribution in [0.5, 0.6) is 0 Å². The van der Waals surface area contributed by atoms with Gasteiger partial charge in [0.05, 0.1) is 5.69 Å². The smallest absolute Gasteiger partial charge is 0.303 e. The largest absolute Gasteiger partial charge is 0.481 e. The highest BCUT2D eigenvalue weighted by molar-refractivity contribution is 6.04. The van der Waals surface area contributed by atoms with Crippen molar-refractivity contribution in [2.75, 3.05) is 10.6 Å². The molecule has 0 unspecified atom stereocenters. The van der Waals surface area contributed by atoms with Crippen LogP contribution in [0.4, 0.5) is 15.8 Å². The minimum Gasteiger partial charge on any atom is -0.481 e. The Morgan fingerprint density at radius 2 is 1.82 bits per heavy atom. The number of carboxylic acid groups (broad SMARTS) is 1. The van der Waals surface area contributed by atoms with Crippen LogP contribution >= 0.6 is 0 Å². The molecule has 0 spiro atoms. The molecular weight excluding hydrogens is 363 g/mol. The molecule has 0 radical (unpaired) electrons. The van der Waals surface area contributed by atoms with Gasteiger partial charge in [-0.25, -0.2) is 4.39 Å². The fraction of sp³-hybridized carbons (Fsp3) is 0.286. The molecule has 6 nitrogen and oxygen atoms in total. The van der Waals surface area contributed by atoms with Crippen LogP contribution in [0.2, 0.25) is 0 Å². The number of hydrogen-bond acceptors (Lipinski definition) is 3. The van der Waals surface area contributed by atoms with Crippen molar-refractivity contribution in [1.82, 2.24) is 0 Å². The summed E-state index contributed by atoms with van der Waals surface area (Å²) in [6, 6.07) is 10.7. The number of carbonyl (C=O) groups is 3. The van der Waals surface area contributed by atoms with E-state index in [0.717, 1.165) is 11.6 Å². The first-order valence-corrected chi connectivity index (χ1v) is 8.96. The first-order chi connectivity index (χ1) is 13.2. The Kier molecular flexibility index (Phi) is 7.26. The van der Waals surface area contributed by atoms with Gasteiger partial charge in [-0.2, -0.15) is 0 Å². The van der Waals surface area contributed by atoms with Crippen molar-refractivity contribution in [3.63, 3.8) is 0 Å². The van der Waals surface area contributed by atoms with E-state index in [9.17, 15) is 18.8 Å². The highest BCUT2D eigenvalue weighted by Gasteiger charge is 2.13. The highest BCUT2D eigenvalue weighted by Crippen LogP contribution is 2.19. The first-order valence-electron chi connectivity index (χ1n) is 8.96. The number of amides is 2. The fourth-order valence-electron chi connectivity index (χ4n) is 2.59. The van der Waals surface area contributed by atoms with E-state index in [1.54, 1.807) is 24.3 Å². The summed E-state index contributed by atoms with van der Waals surface area (Å²) < 4.78 is 14.2. The molecule has 0 aromatic heterocycles. The number of anilines is 2. The van der Waals surface area contributed by atoms with E-state index in [2.05, 4.69) is 10.6 Å². The number of rotatable bonds is 8. The van der Waals surface area contributed by atoms with Crippen LogP contribution in [0, 0.1) is 11.7 Å². The van der Waals surface area contributed by atoms with Gasteiger partial charge in [0, 0.05) is 24.1 Å². The Morgan fingerprint density at radius 3 is 2.46 bits per heavy atom. The van der Waals surface area contributed by atoms with Gasteiger partial charge in [-0.15, -0.1) is 0 Å². The maximum atomic E-state index is 14.2. The van der Waals surface area contributed by atoms with Crippen LogP contribution in [0.25, 0.3) is 0 Å². The van der Waals surface area contributed by atoms with E-state index in [1.165, 1.54) is 12.1 Å². The lowest BCUT2D eigenvalue weighted by atomic mass is 10.1. The lowest BCUT2D eigenvalue weighted by Crippen LogP contribution is -2.16. The van der Waals surface area contributed by atoms with Crippen LogP contribution in [0.15, 0.2) is 42.5 Å². The topological polar surface area (TPSA) is 95.5 Å². The second kappa shape index (κ2) is 9.64. The molecule has 0 aliphatic heterocycles. The molecule has 0 atom stereocenters. The molecule has 3 N–H and O–H groups in total. The van der Waals surface area contributed by atoms with E-state index >= 15 is 0 Å². The van der Waals surface area contributed by atoms with Gasteiger partial charge in [-0.05, 0) is 48.2 Å². The van der Waals surface area contributed by atoms with Crippen molar-refractivity contribution in [3.05, 3.63) is 59.4 Å². The zero-order chi connectivity index (χ0) is 20.7. The monoisotopic (exact) mass is 386 g/mol. The molecule has 28 heavy (non-hydrogen) atoms. The van der Waals surface area contributed by atoms with Crippen molar-refractivity contribution < 1.29 is 23.9 Å². The normalized spacial score (nSPS) is 10.6. The Hall–Kier alpha value is -3.22. The first kappa shape index (κ1) is 21.1. The van der Waals surface area contributed by atoms with Crippen molar-refractivity contribution >= 4 is 29.2 Å². The van der Waals surface area contributed by atoms with Crippen molar-refractivity contribution in [2.45, 2.75) is 33.1 Å². The number of halogens is 1. The molecule has 2 aromatic carbocycles. The Balaban J connectivity index is 2.04. The van der Waals surface area contributed by atoms with Gasteiger partial charge in [-0.3, -0.25) is 14.4 Å². The van der Waals surface area contributed by atoms with E-state index in [0.29, 0.717) is 12.1 Å². The van der Waals surface area contributed by atoms with Crippen LogP contribution in [0.3, 0.4) is 0 Å². The maximum absolute atomic E-state index is 14.2. The fourth-order valence-corrected chi connectivity index (χ4v) is 2.59. The Labute approximate surface area is 162 Å². The molecule has 2 aromatic rings. The SMILES string of the molecule is CC(C)CC(=O)Nc1ccc(C(=O)Nc2cccc(CCC(=O)O)c2)cc1F. The maximum Gasteiger partial charge on any atom is 0.303 e. The second-order valence-corrected chi connectivity index (χ2v) is 6.89. The molecule has 2 rings (SSSR count). The molecule has 0 saturated carbocycles. The molecule has 0 heterocycles. The molecule has 148 valence electrons. The lowest BCUT2D eigenvalue weighted by molar-refractivity contribution is -0.137. The van der Waals surface area contributed by atoms with E-state index in [4.69, 9.17) is 5.11 Å². The standard InChI is InChI=1S/C21H23FN2O4/c1-13(2)10-19(25)24-18-8-7-15(12-17(18)22)21(28)23-16-5-3-4-14(11-16)6-9-20(26)27/h3-5,7-8,11-13H,6,9-10H2,1-2H3,(H,23,28)(H,24,25)(H,26,27). The number of nitrogens with one attached hydrogen (secondary N) is 2. The third-order valence-corrected chi connectivity index (χ3v) is 3.91. The summed E-state index contributed by atoms with van der Waals surface area (Å²) >= 11 is 0. The molecule has 7 heteroatoms. The molecule has 0 aliphatic rings. The molecule has 0 bridgehead atoms. The van der Waals surface area contributed by atoms with Gasteiger partial charge in [0.1, 0.15) is 5.82 Å². The quantitative estimate of drug-likeness (QED) is 0.637. The third kappa shape index (κ3) is 6.50. The summed E-state index contributed by atoms with van der Waals surface area (Å²) in [5.41, 5.74) is 1.39. The summed E-state index contributed by atoms with van der Waals surface area (Å²) in [5.74, 6) is -2.23. The van der Waals surface area contributed by atoms with Crippen LogP contribution in [-0.2, 0) is 16.0 Å². The number of carboxylic acids is 1. The molecule has 0 aliphatic carbocycles. The minimum atomic E-state index is -0.898. The van der Waals surface area contributed by atoms with Crippen molar-refractivity contribution in [3.8, 4) is 0 Å². The number of aryl methyl sites for hydroxylation is 1. The van der Waals surface area contributed by atoms with Crippen LogP contribution in [-0.4, -0.2) is 22.9 Å². The summed E-state index contributed by atoms with van der Waals surface area (Å²) in [4.78, 5) is 34.8. The average molecular weight is 386 g/mol. The predicted octanol–water partition coefficient (Wildman–Crippen LogP) is 4.08. The van der Waals surface area contributed by atoms with Gasteiger partial charge >= 0.3 is 5.97 Å². The van der Waals surface area contributed by atoms with E-state index in [1.807, 2.05) is 13.8 Å². The van der Waals surface area contributed by atoms with Crippen LogP contribution in [0.1, 0.15) is 42.6 Å². The predicted molar refractivity (Wildman–Crippen MR) is 105 cm³/mol. The summed E-state index contributed by atoms with van der Waals surface area (Å²) in [6.07, 6.45) is 0.616. The van der Waals surface area contributed by atoms with Gasteiger partial charge in [0.2, 0.25) is 5.91 Å². The molecule has 0 fully saturated rings. The molecule has 0 saturated heterocycles. The van der Waals surface area contributed by atoms with E-state index in [-0.39, 0.29) is 35.9 Å². The minimum absolute atomic E-state index is 0.00734. The summed E-state index contributed by atoms with van der Waals surface area (Å²) in [5, 5.41) is 13.9. The summed E-state index contributed by atoms with van der Waals surface area (Å²) in [7, 11) is 0. The number of carbonyl (C=O) groups excluding carboxylic acids is 2. The lowest BCUT2D eigenvalue weighted by Gasteiger charge is -2.10. The molecule has 2 amide bonds. The summed E-state index contributed by atoms with van der Waals surface area (Å²) in [6.45, 7) is 3.78. The van der Waals surface area contributed by atoms with Gasteiger partial charge < -0.3 is 15.7 Å². The molecular formula is C21H23FN2O4. The highest BCUT2D eigenvalue weighted by atomic mass is 19.1. The zero-order valence-corrected chi connectivity index (χ0v) is 15.8. The van der Waals surface area contributed by atoms with Gasteiger partial charge in [-0.1, -0.05) is 26.0 Å². The average Bonchev–Trinajstić information content (AvgIpc) is 2.61. The second-order valence-electron chi connectivity index (χ2n) is 6.89. The number of benzene rings is 2. The number of hydrogen-bond donors (Lipinski definition) is 3. The third-order valence-electron chi connectivity index (χ3n) is 3.91. The van der Waals surface area contributed by atoms with Crippen molar-refractivity contribution in [2.24, 2.45) is 5.92 Å². The van der Waals surface area contributed by atoms with E-state index < -0.39 is 17.7 Å². The number of aliphatic carboxylic acids is 1. The Bertz CT molecular complexity index is 880. The van der Waals surface area contributed by atoms with Gasteiger partial charge in [0.15, 0.2) is 0 Å². The van der Waals surface area contributed by atoms with Crippen LogP contribution < -0.4 is 10.6 Å².